The van der Waals surface area contributed by atoms with Crippen LogP contribution < -0.4 is 15.0 Å². The monoisotopic (exact) mass is 476 g/mol. The fourth-order valence-electron chi connectivity index (χ4n) is 3.46. The highest BCUT2D eigenvalue weighted by Gasteiger charge is 2.14. The Morgan fingerprint density at radius 1 is 0.871 bits per heavy atom. The number of ether oxygens (including phenoxy) is 2. The van der Waals surface area contributed by atoms with Crippen LogP contribution in [0.25, 0.3) is 0 Å². The smallest absolute Gasteiger partial charge is 0.124 e. The van der Waals surface area contributed by atoms with E-state index in [4.69, 9.17) is 44.3 Å². The molecule has 1 N–H and O–H groups in total. The third-order valence-electron chi connectivity index (χ3n) is 5.15. The topological polar surface area (TPSA) is 33.7 Å². The summed E-state index contributed by atoms with van der Waals surface area (Å²) in [4.78, 5) is 2.25. The molecule has 162 valence electrons. The van der Waals surface area contributed by atoms with Gasteiger partial charge < -0.3 is 19.7 Å². The lowest BCUT2D eigenvalue weighted by atomic mass is 10.2. The first-order chi connectivity index (χ1) is 15.1. The van der Waals surface area contributed by atoms with Gasteiger partial charge in [0.25, 0.3) is 0 Å². The standard InChI is InChI=1S/C24H23Cl3N2O2/c25-19-6-5-18(21(26)13-19)16-31-24-4-2-1-3-17(24)15-28-20-7-8-23(22(27)14-20)29-9-11-30-12-10-29/h1-8,13-14,28H,9-12,15-16H2. The molecule has 3 aromatic rings. The third-order valence-corrected chi connectivity index (χ3v) is 6.04. The Hall–Kier alpha value is -2.11. The molecule has 0 aliphatic carbocycles. The highest BCUT2D eigenvalue weighted by atomic mass is 35.5. The zero-order valence-corrected chi connectivity index (χ0v) is 19.2. The second kappa shape index (κ2) is 10.5. The molecule has 1 aliphatic rings. The van der Waals surface area contributed by atoms with Gasteiger partial charge in [-0.25, -0.2) is 0 Å². The number of hydrogen-bond donors (Lipinski definition) is 1. The Morgan fingerprint density at radius 2 is 1.68 bits per heavy atom. The lowest BCUT2D eigenvalue weighted by Crippen LogP contribution is -2.36. The summed E-state index contributed by atoms with van der Waals surface area (Å²) in [5.41, 5.74) is 3.93. The van der Waals surface area contributed by atoms with Crippen LogP contribution in [0.2, 0.25) is 15.1 Å². The Balaban J connectivity index is 1.40. The van der Waals surface area contributed by atoms with Gasteiger partial charge >= 0.3 is 0 Å². The van der Waals surface area contributed by atoms with Crippen LogP contribution in [0, 0.1) is 0 Å². The fraction of sp³-hybridized carbons (Fsp3) is 0.250. The van der Waals surface area contributed by atoms with Crippen molar-refractivity contribution in [3.63, 3.8) is 0 Å². The third kappa shape index (κ3) is 5.78. The molecule has 0 spiro atoms. The molecule has 1 fully saturated rings. The average Bonchev–Trinajstić information content (AvgIpc) is 2.78. The molecule has 1 saturated heterocycles. The summed E-state index contributed by atoms with van der Waals surface area (Å²) in [5.74, 6) is 0.803. The SMILES string of the molecule is Clc1ccc(COc2ccccc2CNc2ccc(N3CCOCC3)c(Cl)c2)c(Cl)c1. The Bertz CT molecular complexity index is 1040. The molecule has 31 heavy (non-hydrogen) atoms. The molecule has 4 nitrogen and oxygen atoms in total. The van der Waals surface area contributed by atoms with Crippen molar-refractivity contribution in [1.29, 1.82) is 0 Å². The molecular weight excluding hydrogens is 455 g/mol. The van der Waals surface area contributed by atoms with E-state index in [9.17, 15) is 0 Å². The predicted molar refractivity (Wildman–Crippen MR) is 129 cm³/mol. The number of anilines is 2. The van der Waals surface area contributed by atoms with Gasteiger partial charge in [0, 0.05) is 46.5 Å². The van der Waals surface area contributed by atoms with E-state index in [1.165, 1.54) is 0 Å². The summed E-state index contributed by atoms with van der Waals surface area (Å²) >= 11 is 18.8. The van der Waals surface area contributed by atoms with Crippen molar-refractivity contribution in [2.75, 3.05) is 36.5 Å². The number of morpholine rings is 1. The molecule has 1 aliphatic heterocycles. The van der Waals surface area contributed by atoms with Gasteiger partial charge in [0.2, 0.25) is 0 Å². The van der Waals surface area contributed by atoms with Crippen LogP contribution in [-0.4, -0.2) is 26.3 Å². The summed E-state index contributed by atoms with van der Waals surface area (Å²) in [6.07, 6.45) is 0. The maximum Gasteiger partial charge on any atom is 0.124 e. The van der Waals surface area contributed by atoms with E-state index >= 15 is 0 Å². The predicted octanol–water partition coefficient (Wildman–Crippen LogP) is 6.67. The molecule has 0 unspecified atom stereocenters. The van der Waals surface area contributed by atoms with Crippen molar-refractivity contribution in [2.45, 2.75) is 13.2 Å². The van der Waals surface area contributed by atoms with Gasteiger partial charge in [-0.15, -0.1) is 0 Å². The summed E-state index contributed by atoms with van der Waals surface area (Å²) in [6, 6.07) is 19.4. The number of nitrogens with one attached hydrogen (secondary N) is 1. The molecule has 0 atom stereocenters. The second-order valence-corrected chi connectivity index (χ2v) is 8.50. The highest BCUT2D eigenvalue weighted by molar-refractivity contribution is 6.35. The highest BCUT2D eigenvalue weighted by Crippen LogP contribution is 2.30. The fourth-order valence-corrected chi connectivity index (χ4v) is 4.22. The van der Waals surface area contributed by atoms with Crippen LogP contribution >= 0.6 is 34.8 Å². The van der Waals surface area contributed by atoms with Crippen molar-refractivity contribution in [1.82, 2.24) is 0 Å². The summed E-state index contributed by atoms with van der Waals surface area (Å²) in [5, 5.41) is 5.37. The molecule has 1 heterocycles. The molecule has 0 aromatic heterocycles. The van der Waals surface area contributed by atoms with Crippen molar-refractivity contribution in [3.05, 3.63) is 86.9 Å². The molecule has 7 heteroatoms. The lowest BCUT2D eigenvalue weighted by molar-refractivity contribution is 0.122. The van der Waals surface area contributed by atoms with Gasteiger partial charge in [-0.3, -0.25) is 0 Å². The van der Waals surface area contributed by atoms with Crippen molar-refractivity contribution in [2.24, 2.45) is 0 Å². The van der Waals surface area contributed by atoms with Gasteiger partial charge in [0.05, 0.1) is 23.9 Å². The van der Waals surface area contributed by atoms with Crippen LogP contribution in [-0.2, 0) is 17.9 Å². The number of nitrogens with zero attached hydrogens (tertiary/aromatic N) is 1. The van der Waals surface area contributed by atoms with Gasteiger partial charge in [-0.2, -0.15) is 0 Å². The normalized spacial score (nSPS) is 13.8. The minimum atomic E-state index is 0.368. The van der Waals surface area contributed by atoms with E-state index in [1.54, 1.807) is 6.07 Å². The molecule has 0 saturated carbocycles. The molecule has 0 bridgehead atoms. The quantitative estimate of drug-likeness (QED) is 0.412. The summed E-state index contributed by atoms with van der Waals surface area (Å²) < 4.78 is 11.5. The molecule has 3 aromatic carbocycles. The molecular formula is C24H23Cl3N2O2. The first-order valence-electron chi connectivity index (χ1n) is 10.1. The maximum atomic E-state index is 6.55. The van der Waals surface area contributed by atoms with E-state index in [0.717, 1.165) is 59.6 Å². The minimum absolute atomic E-state index is 0.368. The number of benzene rings is 3. The van der Waals surface area contributed by atoms with Crippen molar-refractivity contribution in [3.8, 4) is 5.75 Å². The number of hydrogen-bond acceptors (Lipinski definition) is 4. The van der Waals surface area contributed by atoms with E-state index in [2.05, 4.69) is 16.3 Å². The first-order valence-corrected chi connectivity index (χ1v) is 11.2. The van der Waals surface area contributed by atoms with Gasteiger partial charge in [-0.1, -0.05) is 59.1 Å². The number of rotatable bonds is 7. The lowest BCUT2D eigenvalue weighted by Gasteiger charge is -2.29. The number of halogens is 3. The largest absolute Gasteiger partial charge is 0.488 e. The zero-order valence-electron chi connectivity index (χ0n) is 16.9. The van der Waals surface area contributed by atoms with Gasteiger partial charge in [0.1, 0.15) is 12.4 Å². The molecule has 0 amide bonds. The van der Waals surface area contributed by atoms with Crippen LogP contribution in [0.15, 0.2) is 60.7 Å². The summed E-state index contributed by atoms with van der Waals surface area (Å²) in [7, 11) is 0. The maximum absolute atomic E-state index is 6.55. The van der Waals surface area contributed by atoms with Gasteiger partial charge in [0.15, 0.2) is 0 Å². The first kappa shape index (κ1) is 22.1. The summed E-state index contributed by atoms with van der Waals surface area (Å²) in [6.45, 7) is 4.15. The van der Waals surface area contributed by atoms with Crippen LogP contribution in [0.3, 0.4) is 0 Å². The van der Waals surface area contributed by atoms with Gasteiger partial charge in [-0.05, 0) is 36.4 Å². The van der Waals surface area contributed by atoms with E-state index in [1.807, 2.05) is 48.5 Å². The van der Waals surface area contributed by atoms with Crippen LogP contribution in [0.4, 0.5) is 11.4 Å². The average molecular weight is 478 g/mol. The minimum Gasteiger partial charge on any atom is -0.488 e. The Labute approximate surface area is 197 Å². The van der Waals surface area contributed by atoms with Crippen LogP contribution in [0.1, 0.15) is 11.1 Å². The van der Waals surface area contributed by atoms with E-state index in [0.29, 0.717) is 23.2 Å². The van der Waals surface area contributed by atoms with Crippen LogP contribution in [0.5, 0.6) is 5.75 Å². The Morgan fingerprint density at radius 3 is 2.45 bits per heavy atom. The zero-order chi connectivity index (χ0) is 21.6. The molecule has 0 radical (unpaired) electrons. The molecule has 4 rings (SSSR count). The van der Waals surface area contributed by atoms with E-state index in [-0.39, 0.29) is 0 Å². The van der Waals surface area contributed by atoms with E-state index < -0.39 is 0 Å². The Kier molecular flexibility index (Phi) is 7.46. The second-order valence-electron chi connectivity index (χ2n) is 7.25. The number of para-hydroxylation sites is 1. The van der Waals surface area contributed by atoms with Crippen molar-refractivity contribution >= 4 is 46.2 Å². The van der Waals surface area contributed by atoms with Crippen molar-refractivity contribution < 1.29 is 9.47 Å².